The fourth-order valence-electron chi connectivity index (χ4n) is 1.67. The smallest absolute Gasteiger partial charge is 0.0762 e. The fourth-order valence-corrected chi connectivity index (χ4v) is 1.67. The molecule has 1 rings (SSSR count). The first-order valence-corrected chi connectivity index (χ1v) is 6.44. The minimum Gasteiger partial charge on any atom is -0.383 e. The summed E-state index contributed by atoms with van der Waals surface area (Å²) in [7, 11) is 1.71. The molecule has 0 atom stereocenters. The summed E-state index contributed by atoms with van der Waals surface area (Å²) in [5.41, 5.74) is 1.10. The summed E-state index contributed by atoms with van der Waals surface area (Å²) in [6.07, 6.45) is 4.53. The van der Waals surface area contributed by atoms with E-state index in [1.54, 1.807) is 7.11 Å². The first-order chi connectivity index (χ1) is 8.22. The van der Waals surface area contributed by atoms with Gasteiger partial charge in [0, 0.05) is 32.9 Å². The van der Waals surface area contributed by atoms with Gasteiger partial charge in [-0.15, -0.1) is 0 Å². The molecule has 1 N–H and O–H groups in total. The maximum Gasteiger partial charge on any atom is 0.0762 e. The second kappa shape index (κ2) is 8.25. The van der Waals surface area contributed by atoms with Crippen molar-refractivity contribution in [3.63, 3.8) is 0 Å². The van der Waals surface area contributed by atoms with Crippen molar-refractivity contribution in [1.29, 1.82) is 0 Å². The zero-order chi connectivity index (χ0) is 12.5. The number of hydrogen-bond donors (Lipinski definition) is 1. The van der Waals surface area contributed by atoms with Gasteiger partial charge in [0.1, 0.15) is 0 Å². The highest BCUT2D eigenvalue weighted by Crippen LogP contribution is 2.05. The van der Waals surface area contributed by atoms with Gasteiger partial charge in [0.15, 0.2) is 0 Å². The Kier molecular flexibility index (Phi) is 6.89. The summed E-state index contributed by atoms with van der Waals surface area (Å²) in [5.74, 6) is 0.778. The first kappa shape index (κ1) is 14.2. The molecule has 0 aliphatic heterocycles. The molecule has 0 aliphatic rings. The van der Waals surface area contributed by atoms with E-state index in [0.717, 1.165) is 37.9 Å². The standard InChI is InChI=1S/C13H25N3O/c1-12(2)5-4-8-16-9-6-13(15-16)11-14-7-10-17-3/h6,9,12,14H,4-5,7-8,10-11H2,1-3H3. The molecule has 0 aliphatic carbocycles. The average molecular weight is 239 g/mol. The van der Waals surface area contributed by atoms with Gasteiger partial charge in [-0.25, -0.2) is 0 Å². The van der Waals surface area contributed by atoms with Crippen LogP contribution in [0.3, 0.4) is 0 Å². The van der Waals surface area contributed by atoms with Crippen molar-refractivity contribution in [1.82, 2.24) is 15.1 Å². The summed E-state index contributed by atoms with van der Waals surface area (Å²) in [6.45, 7) is 7.98. The van der Waals surface area contributed by atoms with Crippen molar-refractivity contribution < 1.29 is 4.74 Å². The molecule has 1 aromatic rings. The van der Waals surface area contributed by atoms with Gasteiger partial charge in [0.2, 0.25) is 0 Å². The zero-order valence-electron chi connectivity index (χ0n) is 11.3. The molecular weight excluding hydrogens is 214 g/mol. The zero-order valence-corrected chi connectivity index (χ0v) is 11.3. The third kappa shape index (κ3) is 6.44. The number of methoxy groups -OCH3 is 1. The molecule has 1 aromatic heterocycles. The maximum absolute atomic E-state index is 4.97. The van der Waals surface area contributed by atoms with Crippen LogP contribution < -0.4 is 5.32 Å². The monoisotopic (exact) mass is 239 g/mol. The van der Waals surface area contributed by atoms with Crippen LogP contribution in [0.1, 0.15) is 32.4 Å². The predicted molar refractivity (Wildman–Crippen MR) is 69.9 cm³/mol. The van der Waals surface area contributed by atoms with Gasteiger partial charge in [-0.05, 0) is 24.8 Å². The number of nitrogens with zero attached hydrogens (tertiary/aromatic N) is 2. The fraction of sp³-hybridized carbons (Fsp3) is 0.769. The number of nitrogens with one attached hydrogen (secondary N) is 1. The van der Waals surface area contributed by atoms with Gasteiger partial charge < -0.3 is 10.1 Å². The predicted octanol–water partition coefficient (Wildman–Crippen LogP) is 2.06. The average Bonchev–Trinajstić information content (AvgIpc) is 2.72. The lowest BCUT2D eigenvalue weighted by Gasteiger charge is -2.04. The molecule has 17 heavy (non-hydrogen) atoms. The van der Waals surface area contributed by atoms with E-state index in [2.05, 4.69) is 36.5 Å². The Balaban J connectivity index is 2.18. The van der Waals surface area contributed by atoms with E-state index in [9.17, 15) is 0 Å². The third-order valence-electron chi connectivity index (χ3n) is 2.65. The Morgan fingerprint density at radius 1 is 1.47 bits per heavy atom. The molecule has 0 aromatic carbocycles. The lowest BCUT2D eigenvalue weighted by molar-refractivity contribution is 0.199. The van der Waals surface area contributed by atoms with Crippen LogP contribution in [0, 0.1) is 5.92 Å². The van der Waals surface area contributed by atoms with Crippen LogP contribution in [-0.4, -0.2) is 30.0 Å². The van der Waals surface area contributed by atoms with E-state index in [0.29, 0.717) is 0 Å². The van der Waals surface area contributed by atoms with Crippen LogP contribution in [0.2, 0.25) is 0 Å². The Morgan fingerprint density at radius 2 is 2.29 bits per heavy atom. The quantitative estimate of drug-likeness (QED) is 0.670. The summed E-state index contributed by atoms with van der Waals surface area (Å²) in [6, 6.07) is 2.08. The number of rotatable bonds is 9. The Hall–Kier alpha value is -0.870. The van der Waals surface area contributed by atoms with Crippen molar-refractivity contribution in [2.45, 2.75) is 39.8 Å². The van der Waals surface area contributed by atoms with Crippen LogP contribution in [0.25, 0.3) is 0 Å². The minimum absolute atomic E-state index is 0.745. The molecule has 0 spiro atoms. The highest BCUT2D eigenvalue weighted by atomic mass is 16.5. The molecule has 0 saturated carbocycles. The van der Waals surface area contributed by atoms with Crippen LogP contribution in [0.5, 0.6) is 0 Å². The van der Waals surface area contributed by atoms with Crippen molar-refractivity contribution in [2.24, 2.45) is 5.92 Å². The molecule has 1 heterocycles. The van der Waals surface area contributed by atoms with Gasteiger partial charge in [-0.3, -0.25) is 4.68 Å². The topological polar surface area (TPSA) is 39.1 Å². The van der Waals surface area contributed by atoms with Crippen LogP contribution in [-0.2, 0) is 17.8 Å². The van der Waals surface area contributed by atoms with E-state index < -0.39 is 0 Å². The molecule has 4 heteroatoms. The van der Waals surface area contributed by atoms with Crippen molar-refractivity contribution in [3.05, 3.63) is 18.0 Å². The highest BCUT2D eigenvalue weighted by Gasteiger charge is 1.99. The molecule has 0 amide bonds. The van der Waals surface area contributed by atoms with E-state index in [1.165, 1.54) is 12.8 Å². The first-order valence-electron chi connectivity index (χ1n) is 6.44. The van der Waals surface area contributed by atoms with Crippen molar-refractivity contribution in [3.8, 4) is 0 Å². The van der Waals surface area contributed by atoms with E-state index in [-0.39, 0.29) is 0 Å². The van der Waals surface area contributed by atoms with Gasteiger partial charge >= 0.3 is 0 Å². The maximum atomic E-state index is 4.97. The van der Waals surface area contributed by atoms with Crippen molar-refractivity contribution >= 4 is 0 Å². The summed E-state index contributed by atoms with van der Waals surface area (Å²) in [5, 5.41) is 7.81. The minimum atomic E-state index is 0.745. The molecule has 4 nitrogen and oxygen atoms in total. The number of aryl methyl sites for hydroxylation is 1. The molecule has 0 radical (unpaired) electrons. The molecule has 0 bridgehead atoms. The Labute approximate surface area is 104 Å². The largest absolute Gasteiger partial charge is 0.383 e. The molecule has 0 fully saturated rings. The summed E-state index contributed by atoms with van der Waals surface area (Å²) in [4.78, 5) is 0. The van der Waals surface area contributed by atoms with Crippen LogP contribution >= 0.6 is 0 Å². The Morgan fingerprint density at radius 3 is 3.00 bits per heavy atom. The van der Waals surface area contributed by atoms with Crippen LogP contribution in [0.4, 0.5) is 0 Å². The molecular formula is C13H25N3O. The second-order valence-corrected chi connectivity index (χ2v) is 4.78. The number of ether oxygens (including phenoxy) is 1. The van der Waals surface area contributed by atoms with Gasteiger partial charge in [-0.2, -0.15) is 5.10 Å². The van der Waals surface area contributed by atoms with E-state index in [1.807, 2.05) is 4.68 Å². The highest BCUT2D eigenvalue weighted by molar-refractivity contribution is 4.98. The van der Waals surface area contributed by atoms with E-state index in [4.69, 9.17) is 4.74 Å². The van der Waals surface area contributed by atoms with Gasteiger partial charge in [0.05, 0.1) is 12.3 Å². The molecule has 0 saturated heterocycles. The summed E-state index contributed by atoms with van der Waals surface area (Å²) < 4.78 is 7.01. The van der Waals surface area contributed by atoms with Gasteiger partial charge in [0.25, 0.3) is 0 Å². The Bertz CT molecular complexity index is 297. The summed E-state index contributed by atoms with van der Waals surface area (Å²) >= 11 is 0. The third-order valence-corrected chi connectivity index (χ3v) is 2.65. The number of hydrogen-bond acceptors (Lipinski definition) is 3. The lowest BCUT2D eigenvalue weighted by Crippen LogP contribution is -2.19. The van der Waals surface area contributed by atoms with Crippen molar-refractivity contribution in [2.75, 3.05) is 20.3 Å². The normalized spacial score (nSPS) is 11.3. The SMILES string of the molecule is COCCNCc1ccn(CCCC(C)C)n1. The van der Waals surface area contributed by atoms with Crippen LogP contribution in [0.15, 0.2) is 12.3 Å². The van der Waals surface area contributed by atoms with Gasteiger partial charge in [-0.1, -0.05) is 13.8 Å². The molecule has 98 valence electrons. The lowest BCUT2D eigenvalue weighted by atomic mass is 10.1. The van der Waals surface area contributed by atoms with E-state index >= 15 is 0 Å². The number of aromatic nitrogens is 2. The molecule has 0 unspecified atom stereocenters. The second-order valence-electron chi connectivity index (χ2n) is 4.78.